The van der Waals surface area contributed by atoms with Crippen molar-refractivity contribution in [2.45, 2.75) is 51.2 Å². The van der Waals surface area contributed by atoms with E-state index in [0.717, 1.165) is 48.8 Å². The SMILES string of the molecule is COc1ccc(CC(=O)N2C3CCC2Cn2c(C)nnc2C3)cc1. The molecule has 0 saturated carbocycles. The molecule has 0 radical (unpaired) electrons. The predicted molar refractivity (Wildman–Crippen MR) is 88.8 cm³/mol. The van der Waals surface area contributed by atoms with Crippen molar-refractivity contribution < 1.29 is 9.53 Å². The molecule has 6 nitrogen and oxygen atoms in total. The van der Waals surface area contributed by atoms with Gasteiger partial charge in [-0.1, -0.05) is 12.1 Å². The van der Waals surface area contributed by atoms with Gasteiger partial charge in [-0.2, -0.15) is 0 Å². The van der Waals surface area contributed by atoms with Crippen molar-refractivity contribution in [3.05, 3.63) is 41.5 Å². The van der Waals surface area contributed by atoms with E-state index in [1.54, 1.807) is 7.11 Å². The first kappa shape index (κ1) is 15.2. The van der Waals surface area contributed by atoms with Crippen LogP contribution in [-0.2, 0) is 24.2 Å². The zero-order chi connectivity index (χ0) is 16.7. The van der Waals surface area contributed by atoms with Crippen molar-refractivity contribution in [1.82, 2.24) is 19.7 Å². The fourth-order valence-electron chi connectivity index (χ4n) is 3.99. The number of nitrogens with zero attached hydrogens (tertiary/aromatic N) is 4. The normalized spacial score (nSPS) is 22.2. The van der Waals surface area contributed by atoms with Gasteiger partial charge in [0.1, 0.15) is 17.4 Å². The molecule has 2 aromatic rings. The summed E-state index contributed by atoms with van der Waals surface area (Å²) < 4.78 is 7.36. The Bertz CT molecular complexity index is 753. The van der Waals surface area contributed by atoms with Gasteiger partial charge in [0.05, 0.1) is 19.6 Å². The van der Waals surface area contributed by atoms with Gasteiger partial charge in [-0.15, -0.1) is 10.2 Å². The maximum Gasteiger partial charge on any atom is 0.227 e. The lowest BCUT2D eigenvalue weighted by atomic mass is 10.1. The summed E-state index contributed by atoms with van der Waals surface area (Å²) >= 11 is 0. The molecular weight excluding hydrogens is 304 g/mol. The van der Waals surface area contributed by atoms with Crippen LogP contribution in [-0.4, -0.2) is 44.8 Å². The smallest absolute Gasteiger partial charge is 0.227 e. The van der Waals surface area contributed by atoms with Crippen molar-refractivity contribution in [2.75, 3.05) is 7.11 Å². The van der Waals surface area contributed by atoms with Crippen LogP contribution in [0.15, 0.2) is 24.3 Å². The van der Waals surface area contributed by atoms with Gasteiger partial charge < -0.3 is 14.2 Å². The molecule has 2 unspecified atom stereocenters. The highest BCUT2D eigenvalue weighted by atomic mass is 16.5. The number of carbonyl (C=O) groups excluding carboxylic acids is 1. The molecule has 0 aliphatic carbocycles. The lowest BCUT2D eigenvalue weighted by Crippen LogP contribution is -2.42. The Labute approximate surface area is 141 Å². The number of carbonyl (C=O) groups is 1. The molecule has 24 heavy (non-hydrogen) atoms. The molecule has 1 fully saturated rings. The second-order valence-electron chi connectivity index (χ2n) is 6.69. The number of hydrogen-bond acceptors (Lipinski definition) is 4. The molecule has 2 aliphatic rings. The van der Waals surface area contributed by atoms with Crippen molar-refractivity contribution in [3.8, 4) is 5.75 Å². The van der Waals surface area contributed by atoms with Crippen molar-refractivity contribution in [1.29, 1.82) is 0 Å². The third kappa shape index (κ3) is 2.56. The molecule has 2 aliphatic heterocycles. The first-order valence-electron chi connectivity index (χ1n) is 8.48. The summed E-state index contributed by atoms with van der Waals surface area (Å²) in [5, 5.41) is 8.48. The molecule has 1 aromatic carbocycles. The summed E-state index contributed by atoms with van der Waals surface area (Å²) in [4.78, 5) is 15.1. The van der Waals surface area contributed by atoms with E-state index >= 15 is 0 Å². The van der Waals surface area contributed by atoms with Gasteiger partial charge in [-0.05, 0) is 37.5 Å². The van der Waals surface area contributed by atoms with E-state index in [0.29, 0.717) is 6.42 Å². The first-order chi connectivity index (χ1) is 11.7. The summed E-state index contributed by atoms with van der Waals surface area (Å²) in [6.45, 7) is 2.80. The van der Waals surface area contributed by atoms with Crippen molar-refractivity contribution in [3.63, 3.8) is 0 Å². The summed E-state index contributed by atoms with van der Waals surface area (Å²) in [6, 6.07) is 8.27. The Hall–Kier alpha value is -2.37. The van der Waals surface area contributed by atoms with Gasteiger partial charge in [0.25, 0.3) is 0 Å². The standard InChI is InChI=1S/C18H22N4O2/c1-12-19-20-17-10-14-5-6-15(11-21(12)17)22(14)18(23)9-13-3-7-16(24-2)8-4-13/h3-4,7-8,14-15H,5-6,9-11H2,1-2H3. The summed E-state index contributed by atoms with van der Waals surface area (Å²) in [5.74, 6) is 2.99. The number of benzene rings is 1. The fourth-order valence-corrected chi connectivity index (χ4v) is 3.99. The molecule has 6 heteroatoms. The molecule has 4 rings (SSSR count). The zero-order valence-electron chi connectivity index (χ0n) is 14.1. The number of ether oxygens (including phenoxy) is 1. The Morgan fingerprint density at radius 2 is 1.96 bits per heavy atom. The third-order valence-corrected chi connectivity index (χ3v) is 5.25. The molecule has 3 heterocycles. The van der Waals surface area contributed by atoms with Crippen LogP contribution in [0.25, 0.3) is 0 Å². The van der Waals surface area contributed by atoms with E-state index in [1.165, 1.54) is 0 Å². The summed E-state index contributed by atoms with van der Waals surface area (Å²) in [6.07, 6.45) is 3.38. The van der Waals surface area contributed by atoms with Crippen molar-refractivity contribution >= 4 is 5.91 Å². The highest BCUT2D eigenvalue weighted by Crippen LogP contribution is 2.32. The lowest BCUT2D eigenvalue weighted by molar-refractivity contribution is -0.133. The minimum absolute atomic E-state index is 0.212. The second kappa shape index (κ2) is 5.92. The van der Waals surface area contributed by atoms with Crippen LogP contribution in [0.3, 0.4) is 0 Å². The maximum absolute atomic E-state index is 12.9. The Morgan fingerprint density at radius 3 is 2.71 bits per heavy atom. The van der Waals surface area contributed by atoms with E-state index in [2.05, 4.69) is 19.7 Å². The van der Waals surface area contributed by atoms with Crippen LogP contribution in [0.2, 0.25) is 0 Å². The zero-order valence-corrected chi connectivity index (χ0v) is 14.1. The molecule has 1 saturated heterocycles. The Balaban J connectivity index is 1.52. The van der Waals surface area contributed by atoms with Crippen LogP contribution in [0.5, 0.6) is 5.75 Å². The number of aryl methyl sites for hydroxylation is 1. The lowest BCUT2D eigenvalue weighted by Gasteiger charge is -2.28. The third-order valence-electron chi connectivity index (χ3n) is 5.25. The minimum Gasteiger partial charge on any atom is -0.497 e. The minimum atomic E-state index is 0.212. The second-order valence-corrected chi connectivity index (χ2v) is 6.69. The average Bonchev–Trinajstić information content (AvgIpc) is 3.07. The number of aromatic nitrogens is 3. The van der Waals surface area contributed by atoms with Gasteiger partial charge in [0, 0.05) is 19.0 Å². The van der Waals surface area contributed by atoms with Gasteiger partial charge in [0.15, 0.2) is 0 Å². The first-order valence-corrected chi connectivity index (χ1v) is 8.48. The van der Waals surface area contributed by atoms with Crippen LogP contribution in [0, 0.1) is 6.92 Å². The molecular formula is C18H22N4O2. The van der Waals surface area contributed by atoms with Gasteiger partial charge in [0.2, 0.25) is 5.91 Å². The fraction of sp³-hybridized carbons (Fsp3) is 0.500. The molecule has 1 amide bonds. The van der Waals surface area contributed by atoms with Crippen LogP contribution in [0.4, 0.5) is 0 Å². The van der Waals surface area contributed by atoms with Crippen molar-refractivity contribution in [2.24, 2.45) is 0 Å². The highest BCUT2D eigenvalue weighted by molar-refractivity contribution is 5.80. The average molecular weight is 326 g/mol. The summed E-state index contributed by atoms with van der Waals surface area (Å²) in [7, 11) is 1.65. The predicted octanol–water partition coefficient (Wildman–Crippen LogP) is 1.75. The molecule has 0 N–H and O–H groups in total. The summed E-state index contributed by atoms with van der Waals surface area (Å²) in [5.41, 5.74) is 1.03. The molecule has 126 valence electrons. The number of methoxy groups -OCH3 is 1. The molecule has 0 spiro atoms. The quantitative estimate of drug-likeness (QED) is 0.862. The Morgan fingerprint density at radius 1 is 1.21 bits per heavy atom. The van der Waals surface area contributed by atoms with Gasteiger partial charge in [-0.3, -0.25) is 4.79 Å². The topological polar surface area (TPSA) is 60.2 Å². The monoisotopic (exact) mass is 326 g/mol. The molecule has 2 bridgehead atoms. The number of fused-ring (bicyclic) bond motifs is 3. The van der Waals surface area contributed by atoms with E-state index in [1.807, 2.05) is 31.2 Å². The van der Waals surface area contributed by atoms with Crippen LogP contribution >= 0.6 is 0 Å². The highest BCUT2D eigenvalue weighted by Gasteiger charge is 2.40. The number of hydrogen-bond donors (Lipinski definition) is 0. The molecule has 1 aromatic heterocycles. The Kier molecular flexibility index (Phi) is 3.75. The maximum atomic E-state index is 12.9. The number of amides is 1. The van der Waals surface area contributed by atoms with Gasteiger partial charge in [-0.25, -0.2) is 0 Å². The van der Waals surface area contributed by atoms with Crippen LogP contribution < -0.4 is 4.74 Å². The van der Waals surface area contributed by atoms with E-state index < -0.39 is 0 Å². The van der Waals surface area contributed by atoms with E-state index in [9.17, 15) is 4.79 Å². The van der Waals surface area contributed by atoms with E-state index in [-0.39, 0.29) is 18.0 Å². The van der Waals surface area contributed by atoms with E-state index in [4.69, 9.17) is 4.74 Å². The number of rotatable bonds is 3. The largest absolute Gasteiger partial charge is 0.497 e. The van der Waals surface area contributed by atoms with Gasteiger partial charge >= 0.3 is 0 Å². The molecule has 2 atom stereocenters. The van der Waals surface area contributed by atoms with Crippen LogP contribution in [0.1, 0.15) is 30.1 Å².